The smallest absolute Gasteiger partial charge is 0.0890 e. The predicted molar refractivity (Wildman–Crippen MR) is 34.1 cm³/mol. The second-order valence-electron chi connectivity index (χ2n) is 2.10. The van der Waals surface area contributed by atoms with Gasteiger partial charge in [0.05, 0.1) is 6.67 Å². The monoisotopic (exact) mass is 239 g/mol. The van der Waals surface area contributed by atoms with Crippen molar-refractivity contribution < 1.29 is 24.0 Å². The third kappa shape index (κ3) is 2.43. The van der Waals surface area contributed by atoms with E-state index in [1.165, 1.54) is 0 Å². The van der Waals surface area contributed by atoms with Gasteiger partial charge < -0.3 is 33.8 Å². The fraction of sp³-hybridized carbons (Fsp3) is 0.667. The molecular weight excluding hydrogens is 227 g/mol. The van der Waals surface area contributed by atoms with E-state index in [0.717, 1.165) is 13.2 Å². The van der Waals surface area contributed by atoms with Crippen molar-refractivity contribution in [3.63, 3.8) is 0 Å². The highest BCUT2D eigenvalue weighted by Crippen LogP contribution is 2.00. The molecule has 1 rings (SSSR count). The molecule has 0 amide bonds. The molecule has 9 heavy (non-hydrogen) atoms. The van der Waals surface area contributed by atoms with E-state index in [-0.39, 0.29) is 24.0 Å². The average Bonchev–Trinajstić information content (AvgIpc) is 2.14. The van der Waals surface area contributed by atoms with Crippen molar-refractivity contribution in [1.82, 2.24) is 9.80 Å². The van der Waals surface area contributed by atoms with Crippen LogP contribution in [0.4, 0.5) is 0 Å². The van der Waals surface area contributed by atoms with E-state index in [1.54, 1.807) is 0 Å². The fourth-order valence-corrected chi connectivity index (χ4v) is 0.794. The third-order valence-electron chi connectivity index (χ3n) is 1.34. The summed E-state index contributed by atoms with van der Waals surface area (Å²) in [5.41, 5.74) is 0. The standard InChI is InChI=1S/C6H12N2.HI/c1-3-8-5-4-7(2)6-8;/h4-5H,3,6H2,1-2H3;1H/p-1. The van der Waals surface area contributed by atoms with Crippen LogP contribution in [0, 0.1) is 0 Å². The molecule has 0 aromatic carbocycles. The molecule has 0 spiro atoms. The van der Waals surface area contributed by atoms with Crippen molar-refractivity contribution in [3.8, 4) is 0 Å². The topological polar surface area (TPSA) is 6.48 Å². The van der Waals surface area contributed by atoms with Gasteiger partial charge in [0.25, 0.3) is 0 Å². The van der Waals surface area contributed by atoms with Gasteiger partial charge >= 0.3 is 0 Å². The molecule has 0 radical (unpaired) electrons. The number of hydrogen-bond donors (Lipinski definition) is 0. The van der Waals surface area contributed by atoms with Gasteiger partial charge in [0.15, 0.2) is 0 Å². The van der Waals surface area contributed by atoms with Crippen molar-refractivity contribution in [2.24, 2.45) is 0 Å². The molecule has 1 aliphatic rings. The lowest BCUT2D eigenvalue weighted by atomic mass is 10.6. The Hall–Kier alpha value is 0.0700. The number of rotatable bonds is 1. The van der Waals surface area contributed by atoms with Crippen LogP contribution >= 0.6 is 0 Å². The third-order valence-corrected chi connectivity index (χ3v) is 1.34. The molecule has 1 aliphatic heterocycles. The van der Waals surface area contributed by atoms with Gasteiger partial charge in [0.1, 0.15) is 0 Å². The zero-order valence-electron chi connectivity index (χ0n) is 5.84. The summed E-state index contributed by atoms with van der Waals surface area (Å²) in [7, 11) is 2.08. The lowest BCUT2D eigenvalue weighted by molar-refractivity contribution is -0.00000179. The Morgan fingerprint density at radius 2 is 2.11 bits per heavy atom. The Balaban J connectivity index is 0.000000640. The molecule has 0 aromatic heterocycles. The molecule has 0 bridgehead atoms. The molecule has 0 fully saturated rings. The summed E-state index contributed by atoms with van der Waals surface area (Å²) >= 11 is 0. The van der Waals surface area contributed by atoms with Gasteiger partial charge in [-0.1, -0.05) is 0 Å². The van der Waals surface area contributed by atoms with Gasteiger partial charge in [-0.15, -0.1) is 0 Å². The van der Waals surface area contributed by atoms with Crippen LogP contribution in [-0.4, -0.2) is 30.1 Å². The van der Waals surface area contributed by atoms with Gasteiger partial charge in [-0.3, -0.25) is 0 Å². The molecule has 0 atom stereocenters. The molecule has 0 N–H and O–H groups in total. The van der Waals surface area contributed by atoms with Crippen LogP contribution in [-0.2, 0) is 0 Å². The zero-order chi connectivity index (χ0) is 5.98. The van der Waals surface area contributed by atoms with Crippen LogP contribution in [0.5, 0.6) is 0 Å². The molecule has 2 nitrogen and oxygen atoms in total. The molecule has 0 aliphatic carbocycles. The summed E-state index contributed by atoms with van der Waals surface area (Å²) in [6.07, 6.45) is 4.20. The number of nitrogens with zero attached hydrogens (tertiary/aromatic N) is 2. The maximum absolute atomic E-state index is 2.25. The lowest BCUT2D eigenvalue weighted by Gasteiger charge is -2.14. The van der Waals surface area contributed by atoms with E-state index in [9.17, 15) is 0 Å². The molecule has 0 unspecified atom stereocenters. The SMILES string of the molecule is CCN1C=CN(C)C1.[I-]. The van der Waals surface area contributed by atoms with Crippen molar-refractivity contribution in [2.75, 3.05) is 20.3 Å². The van der Waals surface area contributed by atoms with Crippen LogP contribution in [0.15, 0.2) is 12.4 Å². The van der Waals surface area contributed by atoms with Crippen molar-refractivity contribution in [3.05, 3.63) is 12.4 Å². The van der Waals surface area contributed by atoms with E-state index < -0.39 is 0 Å². The first kappa shape index (κ1) is 9.07. The maximum atomic E-state index is 2.25. The largest absolute Gasteiger partial charge is 1.00 e. The predicted octanol–water partition coefficient (Wildman–Crippen LogP) is -2.31. The number of halogens is 1. The van der Waals surface area contributed by atoms with Crippen molar-refractivity contribution in [2.45, 2.75) is 6.92 Å². The normalized spacial score (nSPS) is 16.2. The van der Waals surface area contributed by atoms with E-state index in [2.05, 4.69) is 36.2 Å². The Morgan fingerprint density at radius 1 is 1.44 bits per heavy atom. The first-order chi connectivity index (χ1) is 3.83. The summed E-state index contributed by atoms with van der Waals surface area (Å²) in [6, 6.07) is 0. The molecular formula is C6H12IN2-. The first-order valence-corrected chi connectivity index (χ1v) is 2.95. The molecule has 0 saturated carbocycles. The molecule has 3 heteroatoms. The quantitative estimate of drug-likeness (QED) is 0.474. The maximum Gasteiger partial charge on any atom is 0.0890 e. The van der Waals surface area contributed by atoms with E-state index in [0.29, 0.717) is 0 Å². The highest BCUT2D eigenvalue weighted by atomic mass is 127. The van der Waals surface area contributed by atoms with Gasteiger partial charge in [0.2, 0.25) is 0 Å². The Bertz CT molecular complexity index is 103. The van der Waals surface area contributed by atoms with Gasteiger partial charge in [0, 0.05) is 26.0 Å². The molecule has 54 valence electrons. The average molecular weight is 239 g/mol. The first-order valence-electron chi connectivity index (χ1n) is 2.95. The fourth-order valence-electron chi connectivity index (χ4n) is 0.794. The Labute approximate surface area is 73.5 Å². The van der Waals surface area contributed by atoms with Gasteiger partial charge in [-0.05, 0) is 6.92 Å². The van der Waals surface area contributed by atoms with Gasteiger partial charge in [-0.2, -0.15) is 0 Å². The molecule has 0 saturated heterocycles. The Morgan fingerprint density at radius 3 is 2.33 bits per heavy atom. The lowest BCUT2D eigenvalue weighted by Crippen LogP contribution is -3.00. The molecule has 0 aromatic rings. The van der Waals surface area contributed by atoms with Crippen LogP contribution in [0.2, 0.25) is 0 Å². The summed E-state index contributed by atoms with van der Waals surface area (Å²) in [5, 5.41) is 0. The molecule has 1 heterocycles. The minimum absolute atomic E-state index is 0. The van der Waals surface area contributed by atoms with E-state index >= 15 is 0 Å². The zero-order valence-corrected chi connectivity index (χ0v) is 8.00. The summed E-state index contributed by atoms with van der Waals surface area (Å²) < 4.78 is 0. The van der Waals surface area contributed by atoms with Crippen LogP contribution in [0.3, 0.4) is 0 Å². The highest BCUT2D eigenvalue weighted by molar-refractivity contribution is 4.87. The Kier molecular flexibility index (Phi) is 4.01. The highest BCUT2D eigenvalue weighted by Gasteiger charge is 2.03. The van der Waals surface area contributed by atoms with Gasteiger partial charge in [-0.25, -0.2) is 0 Å². The van der Waals surface area contributed by atoms with E-state index in [1.807, 2.05) is 0 Å². The van der Waals surface area contributed by atoms with Crippen LogP contribution in [0.1, 0.15) is 6.92 Å². The second kappa shape index (κ2) is 3.98. The van der Waals surface area contributed by atoms with Crippen LogP contribution in [0.25, 0.3) is 0 Å². The second-order valence-corrected chi connectivity index (χ2v) is 2.10. The van der Waals surface area contributed by atoms with Crippen molar-refractivity contribution >= 4 is 0 Å². The van der Waals surface area contributed by atoms with Crippen molar-refractivity contribution in [1.29, 1.82) is 0 Å². The van der Waals surface area contributed by atoms with Crippen LogP contribution < -0.4 is 24.0 Å². The summed E-state index contributed by atoms with van der Waals surface area (Å²) in [5.74, 6) is 0. The minimum atomic E-state index is 0. The summed E-state index contributed by atoms with van der Waals surface area (Å²) in [4.78, 5) is 4.41. The minimum Gasteiger partial charge on any atom is -1.00 e. The number of hydrogen-bond acceptors (Lipinski definition) is 2. The van der Waals surface area contributed by atoms with E-state index in [4.69, 9.17) is 0 Å². The summed E-state index contributed by atoms with van der Waals surface area (Å²) in [6.45, 7) is 4.32.